The fourth-order valence-electron chi connectivity index (χ4n) is 2.16. The summed E-state index contributed by atoms with van der Waals surface area (Å²) < 4.78 is 2.14. The topological polar surface area (TPSA) is 34.2 Å². The monoisotopic (exact) mass is 217 g/mol. The maximum atomic E-state index is 6.22. The molecule has 1 aromatic heterocycles. The number of para-hydroxylation sites is 1. The van der Waals surface area contributed by atoms with Gasteiger partial charge >= 0.3 is 0 Å². The van der Waals surface area contributed by atoms with Crippen molar-refractivity contribution in [2.75, 3.05) is 20.6 Å². The van der Waals surface area contributed by atoms with Crippen LogP contribution >= 0.6 is 0 Å². The number of aryl methyl sites for hydroxylation is 1. The van der Waals surface area contributed by atoms with Crippen molar-refractivity contribution in [3.8, 4) is 0 Å². The molecule has 0 amide bonds. The van der Waals surface area contributed by atoms with Gasteiger partial charge in [0.15, 0.2) is 0 Å². The Bertz CT molecular complexity index is 485. The zero-order valence-corrected chi connectivity index (χ0v) is 10.1. The Morgan fingerprint density at radius 3 is 2.69 bits per heavy atom. The third kappa shape index (κ3) is 1.96. The first-order chi connectivity index (χ1) is 7.59. The van der Waals surface area contributed by atoms with Crippen LogP contribution in [0.25, 0.3) is 10.9 Å². The molecule has 0 fully saturated rings. The molecule has 2 rings (SSSR count). The second-order valence-corrected chi connectivity index (χ2v) is 4.58. The lowest BCUT2D eigenvalue weighted by Crippen LogP contribution is -2.25. The van der Waals surface area contributed by atoms with E-state index in [0.29, 0.717) is 0 Å². The molecule has 0 aliphatic carbocycles. The van der Waals surface area contributed by atoms with E-state index in [1.165, 1.54) is 16.5 Å². The van der Waals surface area contributed by atoms with E-state index < -0.39 is 0 Å². The van der Waals surface area contributed by atoms with Gasteiger partial charge in [0.05, 0.1) is 0 Å². The van der Waals surface area contributed by atoms with E-state index in [9.17, 15) is 0 Å². The Morgan fingerprint density at radius 2 is 2.00 bits per heavy atom. The summed E-state index contributed by atoms with van der Waals surface area (Å²) in [7, 11) is 6.16. The van der Waals surface area contributed by atoms with Gasteiger partial charge in [0.25, 0.3) is 0 Å². The van der Waals surface area contributed by atoms with Crippen LogP contribution < -0.4 is 5.73 Å². The standard InChI is InChI=1S/C13H19N3/c1-15(2)9-12(14)11-8-16(3)13-7-5-4-6-10(11)13/h4-8,12H,9,14H2,1-3H3. The Kier molecular flexibility index (Phi) is 2.99. The first-order valence-corrected chi connectivity index (χ1v) is 5.54. The van der Waals surface area contributed by atoms with Crippen molar-refractivity contribution in [3.63, 3.8) is 0 Å². The van der Waals surface area contributed by atoms with Crippen LogP contribution in [-0.2, 0) is 7.05 Å². The first-order valence-electron chi connectivity index (χ1n) is 5.54. The molecular formula is C13H19N3. The maximum Gasteiger partial charge on any atom is 0.0481 e. The third-order valence-electron chi connectivity index (χ3n) is 2.89. The summed E-state index contributed by atoms with van der Waals surface area (Å²) >= 11 is 0. The molecule has 1 unspecified atom stereocenters. The summed E-state index contributed by atoms with van der Waals surface area (Å²) in [5.41, 5.74) is 8.69. The normalized spacial score (nSPS) is 13.6. The van der Waals surface area contributed by atoms with E-state index >= 15 is 0 Å². The molecule has 3 nitrogen and oxygen atoms in total. The van der Waals surface area contributed by atoms with Crippen molar-refractivity contribution in [2.24, 2.45) is 12.8 Å². The van der Waals surface area contributed by atoms with Crippen LogP contribution in [0.2, 0.25) is 0 Å². The lowest BCUT2D eigenvalue weighted by molar-refractivity contribution is 0.377. The highest BCUT2D eigenvalue weighted by Crippen LogP contribution is 2.24. The van der Waals surface area contributed by atoms with Crippen LogP contribution in [0.1, 0.15) is 11.6 Å². The van der Waals surface area contributed by atoms with Crippen molar-refractivity contribution in [1.82, 2.24) is 9.47 Å². The number of hydrogen-bond donors (Lipinski definition) is 1. The fraction of sp³-hybridized carbons (Fsp3) is 0.385. The van der Waals surface area contributed by atoms with Crippen molar-refractivity contribution < 1.29 is 0 Å². The number of rotatable bonds is 3. The molecule has 3 heteroatoms. The molecule has 1 heterocycles. The van der Waals surface area contributed by atoms with Gasteiger partial charge in [0.1, 0.15) is 0 Å². The predicted octanol–water partition coefficient (Wildman–Crippen LogP) is 1.74. The number of likely N-dealkylation sites (N-methyl/N-ethyl adjacent to an activating group) is 1. The molecule has 16 heavy (non-hydrogen) atoms. The number of nitrogens with two attached hydrogens (primary N) is 1. The van der Waals surface area contributed by atoms with E-state index in [4.69, 9.17) is 5.73 Å². The molecule has 1 atom stereocenters. The van der Waals surface area contributed by atoms with Crippen molar-refractivity contribution >= 4 is 10.9 Å². The van der Waals surface area contributed by atoms with Crippen molar-refractivity contribution in [2.45, 2.75) is 6.04 Å². The number of aromatic nitrogens is 1. The second kappa shape index (κ2) is 4.28. The maximum absolute atomic E-state index is 6.22. The van der Waals surface area contributed by atoms with Crippen LogP contribution in [0.4, 0.5) is 0 Å². The van der Waals surface area contributed by atoms with E-state index in [2.05, 4.69) is 47.0 Å². The van der Waals surface area contributed by atoms with Crippen LogP contribution in [0.15, 0.2) is 30.5 Å². The smallest absolute Gasteiger partial charge is 0.0481 e. The van der Waals surface area contributed by atoms with Crippen molar-refractivity contribution in [1.29, 1.82) is 0 Å². The lowest BCUT2D eigenvalue weighted by Gasteiger charge is -2.16. The average molecular weight is 217 g/mol. The summed E-state index contributed by atoms with van der Waals surface area (Å²) in [6.07, 6.45) is 2.14. The Morgan fingerprint density at radius 1 is 1.31 bits per heavy atom. The zero-order chi connectivity index (χ0) is 11.7. The summed E-state index contributed by atoms with van der Waals surface area (Å²) in [5.74, 6) is 0. The van der Waals surface area contributed by atoms with Gasteiger partial charge in [-0.2, -0.15) is 0 Å². The predicted molar refractivity (Wildman–Crippen MR) is 68.4 cm³/mol. The van der Waals surface area contributed by atoms with E-state index in [0.717, 1.165) is 6.54 Å². The van der Waals surface area contributed by atoms with Crippen LogP contribution in [0, 0.1) is 0 Å². The van der Waals surface area contributed by atoms with Gasteiger partial charge in [-0.1, -0.05) is 18.2 Å². The highest BCUT2D eigenvalue weighted by atomic mass is 15.1. The van der Waals surface area contributed by atoms with Gasteiger partial charge in [0.2, 0.25) is 0 Å². The molecule has 0 aliphatic rings. The SMILES string of the molecule is CN(C)CC(N)c1cn(C)c2ccccc12. The van der Waals surface area contributed by atoms with E-state index in [1.54, 1.807) is 0 Å². The molecule has 0 aliphatic heterocycles. The molecule has 2 N–H and O–H groups in total. The molecule has 0 radical (unpaired) electrons. The largest absolute Gasteiger partial charge is 0.350 e. The minimum absolute atomic E-state index is 0.0705. The van der Waals surface area contributed by atoms with Gasteiger partial charge in [-0.05, 0) is 25.7 Å². The van der Waals surface area contributed by atoms with Gasteiger partial charge in [0, 0.05) is 36.7 Å². The highest BCUT2D eigenvalue weighted by Gasteiger charge is 2.13. The van der Waals surface area contributed by atoms with Gasteiger partial charge in [-0.15, -0.1) is 0 Å². The summed E-state index contributed by atoms with van der Waals surface area (Å²) in [6.45, 7) is 0.869. The third-order valence-corrected chi connectivity index (χ3v) is 2.89. The van der Waals surface area contributed by atoms with E-state index in [-0.39, 0.29) is 6.04 Å². The Labute approximate surface area is 96.5 Å². The van der Waals surface area contributed by atoms with Crippen molar-refractivity contribution in [3.05, 3.63) is 36.0 Å². The summed E-state index contributed by atoms with van der Waals surface area (Å²) in [5, 5.41) is 1.26. The number of hydrogen-bond acceptors (Lipinski definition) is 2. The van der Waals surface area contributed by atoms with E-state index in [1.807, 2.05) is 14.1 Å². The van der Waals surface area contributed by atoms with Gasteiger partial charge in [-0.25, -0.2) is 0 Å². The molecule has 2 aromatic rings. The average Bonchev–Trinajstić information content (AvgIpc) is 2.56. The van der Waals surface area contributed by atoms with Crippen LogP contribution in [0.3, 0.4) is 0 Å². The fourth-order valence-corrected chi connectivity index (χ4v) is 2.16. The highest BCUT2D eigenvalue weighted by molar-refractivity contribution is 5.84. The molecule has 0 saturated heterocycles. The zero-order valence-electron chi connectivity index (χ0n) is 10.1. The second-order valence-electron chi connectivity index (χ2n) is 4.58. The van der Waals surface area contributed by atoms with Crippen LogP contribution in [-0.4, -0.2) is 30.1 Å². The molecule has 0 bridgehead atoms. The van der Waals surface area contributed by atoms with Gasteiger partial charge in [-0.3, -0.25) is 0 Å². The molecular weight excluding hydrogens is 198 g/mol. The summed E-state index contributed by atoms with van der Waals surface area (Å²) in [6, 6.07) is 8.46. The molecule has 1 aromatic carbocycles. The minimum Gasteiger partial charge on any atom is -0.350 e. The lowest BCUT2D eigenvalue weighted by atomic mass is 10.1. The summed E-state index contributed by atoms with van der Waals surface area (Å²) in [4.78, 5) is 2.12. The number of nitrogens with zero attached hydrogens (tertiary/aromatic N) is 2. The Hall–Kier alpha value is -1.32. The molecule has 86 valence electrons. The Balaban J connectivity index is 2.44. The number of benzene rings is 1. The van der Waals surface area contributed by atoms with Crippen LogP contribution in [0.5, 0.6) is 0 Å². The molecule has 0 saturated carbocycles. The first kappa shape index (κ1) is 11.2. The minimum atomic E-state index is 0.0705. The quantitative estimate of drug-likeness (QED) is 0.849. The number of fused-ring (bicyclic) bond motifs is 1. The molecule has 0 spiro atoms. The van der Waals surface area contributed by atoms with Gasteiger partial charge < -0.3 is 15.2 Å².